The molecule has 0 fully saturated rings. The summed E-state index contributed by atoms with van der Waals surface area (Å²) >= 11 is 0. The Balaban J connectivity index is 2.44. The highest BCUT2D eigenvalue weighted by atomic mass is 32.2. The molecule has 8 nitrogen and oxygen atoms in total. The third kappa shape index (κ3) is 10.3. The number of guanidine groups is 1. The van der Waals surface area contributed by atoms with E-state index in [-0.39, 0.29) is 18.3 Å². The predicted molar refractivity (Wildman–Crippen MR) is 113 cm³/mol. The van der Waals surface area contributed by atoms with Gasteiger partial charge in [-0.3, -0.25) is 9.79 Å². The minimum Gasteiger partial charge on any atom is -0.378 e. The first-order valence-electron chi connectivity index (χ1n) is 9.31. The van der Waals surface area contributed by atoms with Crippen LogP contribution in [0.3, 0.4) is 0 Å². The van der Waals surface area contributed by atoms with Crippen molar-refractivity contribution in [3.8, 4) is 0 Å². The van der Waals surface area contributed by atoms with Crippen molar-refractivity contribution in [2.24, 2.45) is 4.99 Å². The number of nitrogens with zero attached hydrogens (tertiary/aromatic N) is 2. The molecular formula is C19H32N4O4S. The molecule has 2 N–H and O–H groups in total. The fraction of sp³-hybridized carbons (Fsp3) is 0.579. The van der Waals surface area contributed by atoms with Crippen molar-refractivity contribution in [2.45, 2.75) is 13.3 Å². The van der Waals surface area contributed by atoms with E-state index in [4.69, 9.17) is 4.74 Å². The van der Waals surface area contributed by atoms with Crippen LogP contribution in [-0.2, 0) is 21.0 Å². The number of carbonyl (C=O) groups excluding carboxylic acids is 1. The maximum atomic E-state index is 12.0. The molecule has 0 saturated heterocycles. The van der Waals surface area contributed by atoms with E-state index < -0.39 is 9.84 Å². The number of rotatable bonds is 11. The molecule has 0 heterocycles. The second kappa shape index (κ2) is 12.4. The van der Waals surface area contributed by atoms with Gasteiger partial charge in [0.05, 0.1) is 25.5 Å². The molecule has 0 unspecified atom stereocenters. The molecule has 0 saturated carbocycles. The quantitative estimate of drug-likeness (QED) is 0.313. The van der Waals surface area contributed by atoms with Crippen LogP contribution in [0.25, 0.3) is 0 Å². The number of sulfone groups is 1. The predicted octanol–water partition coefficient (Wildman–Crippen LogP) is 0.547. The van der Waals surface area contributed by atoms with Crippen molar-refractivity contribution in [3.05, 3.63) is 35.4 Å². The SMILES string of the molecule is CCNC(=NCCOCCS(C)(=O)=O)NCCc1cccc(C(=O)N(C)C)c1. The van der Waals surface area contributed by atoms with Crippen LogP contribution < -0.4 is 10.6 Å². The molecule has 1 rings (SSSR count). The van der Waals surface area contributed by atoms with E-state index in [1.807, 2.05) is 31.2 Å². The Kier molecular flexibility index (Phi) is 10.5. The fourth-order valence-electron chi connectivity index (χ4n) is 2.32. The Labute approximate surface area is 168 Å². The van der Waals surface area contributed by atoms with Crippen LogP contribution in [0.4, 0.5) is 0 Å². The summed E-state index contributed by atoms with van der Waals surface area (Å²) in [6.45, 7) is 4.36. The lowest BCUT2D eigenvalue weighted by Crippen LogP contribution is -2.38. The minimum absolute atomic E-state index is 0.0133. The zero-order valence-electron chi connectivity index (χ0n) is 17.2. The van der Waals surface area contributed by atoms with Gasteiger partial charge >= 0.3 is 0 Å². The number of hydrogen-bond acceptors (Lipinski definition) is 5. The van der Waals surface area contributed by atoms with E-state index in [0.717, 1.165) is 18.5 Å². The number of benzene rings is 1. The molecular weight excluding hydrogens is 380 g/mol. The molecule has 0 aliphatic carbocycles. The molecule has 1 aromatic carbocycles. The highest BCUT2D eigenvalue weighted by Crippen LogP contribution is 2.07. The van der Waals surface area contributed by atoms with E-state index in [9.17, 15) is 13.2 Å². The third-order valence-corrected chi connectivity index (χ3v) is 4.64. The number of nitrogens with one attached hydrogen (secondary N) is 2. The van der Waals surface area contributed by atoms with Crippen LogP contribution in [-0.4, -0.2) is 84.1 Å². The Morgan fingerprint density at radius 2 is 1.96 bits per heavy atom. The minimum atomic E-state index is -3.00. The average Bonchev–Trinajstić information content (AvgIpc) is 2.63. The second-order valence-corrected chi connectivity index (χ2v) is 8.84. The average molecular weight is 413 g/mol. The lowest BCUT2D eigenvalue weighted by atomic mass is 10.1. The maximum Gasteiger partial charge on any atom is 0.253 e. The van der Waals surface area contributed by atoms with Gasteiger partial charge < -0.3 is 20.3 Å². The molecule has 28 heavy (non-hydrogen) atoms. The summed E-state index contributed by atoms with van der Waals surface area (Å²) < 4.78 is 27.4. The van der Waals surface area contributed by atoms with E-state index in [1.165, 1.54) is 6.26 Å². The zero-order chi connectivity index (χ0) is 21.0. The highest BCUT2D eigenvalue weighted by Gasteiger charge is 2.08. The summed E-state index contributed by atoms with van der Waals surface area (Å²) in [7, 11) is 0.476. The Morgan fingerprint density at radius 1 is 1.21 bits per heavy atom. The molecule has 0 atom stereocenters. The number of aliphatic imine (C=N–C) groups is 1. The lowest BCUT2D eigenvalue weighted by molar-refractivity contribution is 0.0827. The van der Waals surface area contributed by atoms with Gasteiger partial charge in [-0.15, -0.1) is 0 Å². The molecule has 0 bridgehead atoms. The molecule has 0 radical (unpaired) electrons. The van der Waals surface area contributed by atoms with Crippen molar-refractivity contribution < 1.29 is 17.9 Å². The van der Waals surface area contributed by atoms with Crippen molar-refractivity contribution in [2.75, 3.05) is 59.0 Å². The molecule has 9 heteroatoms. The van der Waals surface area contributed by atoms with Crippen LogP contribution in [0.2, 0.25) is 0 Å². The Hall–Kier alpha value is -2.13. The van der Waals surface area contributed by atoms with Gasteiger partial charge in [-0.1, -0.05) is 12.1 Å². The standard InChI is InChI=1S/C19H32N4O4S/c1-5-20-19(22-11-12-27-13-14-28(4,25)26)21-10-9-16-7-6-8-17(15-16)18(24)23(2)3/h6-8,15H,5,9-14H2,1-4H3,(H2,20,21,22). The van der Waals surface area contributed by atoms with Gasteiger partial charge in [-0.25, -0.2) is 8.42 Å². The van der Waals surface area contributed by atoms with Crippen LogP contribution >= 0.6 is 0 Å². The molecule has 0 aromatic heterocycles. The lowest BCUT2D eigenvalue weighted by Gasteiger charge is -2.13. The van der Waals surface area contributed by atoms with E-state index >= 15 is 0 Å². The van der Waals surface area contributed by atoms with Gasteiger partial charge in [0.15, 0.2) is 5.96 Å². The maximum absolute atomic E-state index is 12.0. The van der Waals surface area contributed by atoms with Crippen molar-refractivity contribution in [1.82, 2.24) is 15.5 Å². The molecule has 1 amide bonds. The molecule has 0 aliphatic heterocycles. The number of ether oxygens (including phenoxy) is 1. The van der Waals surface area contributed by atoms with E-state index in [1.54, 1.807) is 19.0 Å². The Morgan fingerprint density at radius 3 is 2.61 bits per heavy atom. The molecule has 0 spiro atoms. The topological polar surface area (TPSA) is 100 Å². The molecule has 1 aromatic rings. The summed E-state index contributed by atoms with van der Waals surface area (Å²) in [4.78, 5) is 18.0. The van der Waals surface area contributed by atoms with Crippen molar-refractivity contribution in [3.63, 3.8) is 0 Å². The van der Waals surface area contributed by atoms with Crippen LogP contribution in [0.15, 0.2) is 29.3 Å². The fourth-order valence-corrected chi connectivity index (χ4v) is 2.74. The van der Waals surface area contributed by atoms with Gasteiger partial charge in [0, 0.05) is 39.0 Å². The number of hydrogen-bond donors (Lipinski definition) is 2. The smallest absolute Gasteiger partial charge is 0.253 e. The van der Waals surface area contributed by atoms with Crippen molar-refractivity contribution in [1.29, 1.82) is 0 Å². The third-order valence-electron chi connectivity index (χ3n) is 3.73. The van der Waals surface area contributed by atoms with Crippen LogP contribution in [0.1, 0.15) is 22.8 Å². The first-order valence-corrected chi connectivity index (χ1v) is 11.4. The van der Waals surface area contributed by atoms with Gasteiger partial charge in [0.2, 0.25) is 0 Å². The summed E-state index contributed by atoms with van der Waals surface area (Å²) in [6.07, 6.45) is 1.94. The second-order valence-electron chi connectivity index (χ2n) is 6.58. The van der Waals surface area contributed by atoms with Crippen LogP contribution in [0.5, 0.6) is 0 Å². The zero-order valence-corrected chi connectivity index (χ0v) is 18.0. The number of carbonyl (C=O) groups is 1. The van der Waals surface area contributed by atoms with E-state index in [0.29, 0.717) is 31.2 Å². The monoisotopic (exact) mass is 412 g/mol. The van der Waals surface area contributed by atoms with Crippen LogP contribution in [0, 0.1) is 0 Å². The van der Waals surface area contributed by atoms with Gasteiger partial charge in [-0.05, 0) is 31.0 Å². The van der Waals surface area contributed by atoms with Gasteiger partial charge in [-0.2, -0.15) is 0 Å². The molecule has 0 aliphatic rings. The van der Waals surface area contributed by atoms with E-state index in [2.05, 4.69) is 15.6 Å². The van der Waals surface area contributed by atoms with Gasteiger partial charge in [0.1, 0.15) is 9.84 Å². The number of amides is 1. The van der Waals surface area contributed by atoms with Gasteiger partial charge in [0.25, 0.3) is 5.91 Å². The first-order chi connectivity index (χ1) is 13.2. The summed E-state index contributed by atoms with van der Waals surface area (Å²) in [5, 5.41) is 6.40. The highest BCUT2D eigenvalue weighted by molar-refractivity contribution is 7.90. The summed E-state index contributed by atoms with van der Waals surface area (Å²) in [5.41, 5.74) is 1.74. The Bertz CT molecular complexity index is 748. The van der Waals surface area contributed by atoms with Crippen molar-refractivity contribution >= 4 is 21.7 Å². The normalized spacial score (nSPS) is 11.9. The first kappa shape index (κ1) is 23.9. The summed E-state index contributed by atoms with van der Waals surface area (Å²) in [6, 6.07) is 7.60. The summed E-state index contributed by atoms with van der Waals surface area (Å²) in [5.74, 6) is 0.681. The molecule has 158 valence electrons. The largest absolute Gasteiger partial charge is 0.378 e.